The molecule has 48 valence electrons. The third-order valence-corrected chi connectivity index (χ3v) is 1.05. The quantitative estimate of drug-likeness (QED) is 0.371. The maximum absolute atomic E-state index is 9.35. The Labute approximate surface area is 54.6 Å². The van der Waals surface area contributed by atoms with E-state index in [1.165, 1.54) is 0 Å². The second-order valence-electron chi connectivity index (χ2n) is 0.502. The van der Waals surface area contributed by atoms with Gasteiger partial charge in [0.1, 0.15) is 0 Å². The van der Waals surface area contributed by atoms with Gasteiger partial charge in [-0.2, -0.15) is 8.42 Å². The Morgan fingerprint density at radius 3 is 1.38 bits per heavy atom. The Hall–Kier alpha value is 0.349. The van der Waals surface area contributed by atoms with Crippen molar-refractivity contribution < 1.29 is 21.2 Å². The molecule has 0 aromatic heterocycles. The number of rotatable bonds is 2. The van der Waals surface area contributed by atoms with Crippen LogP contribution in [0.25, 0.3) is 0 Å². The zero-order chi connectivity index (χ0) is 5.86. The second-order valence-corrected chi connectivity index (χ2v) is 1.92. The molecule has 0 atom stereocenters. The minimum atomic E-state index is -2.65. The van der Waals surface area contributed by atoms with E-state index in [9.17, 15) is 8.42 Å². The predicted molar refractivity (Wildman–Crippen MR) is 31.2 cm³/mol. The molecule has 5 nitrogen and oxygen atoms in total. The summed E-state index contributed by atoms with van der Waals surface area (Å²) in [6, 6.07) is 0. The molecule has 0 saturated carbocycles. The van der Waals surface area contributed by atoms with Crippen LogP contribution in [0.15, 0.2) is 0 Å². The summed E-state index contributed by atoms with van der Waals surface area (Å²) in [4.78, 5) is 0. The van der Waals surface area contributed by atoms with Crippen molar-refractivity contribution in [3.63, 3.8) is 0 Å². The molecule has 0 bridgehead atoms. The molecule has 0 fully saturated rings. The first kappa shape index (κ1) is 11.2. The van der Waals surface area contributed by atoms with Crippen molar-refractivity contribution in [2.45, 2.75) is 0 Å². The van der Waals surface area contributed by atoms with E-state index in [0.717, 1.165) is 0 Å². The van der Waals surface area contributed by atoms with Crippen LogP contribution in [0.2, 0.25) is 0 Å². The zero-order valence-electron chi connectivity index (χ0n) is 2.94. The van der Waals surface area contributed by atoms with Crippen molar-refractivity contribution >= 4 is 32.8 Å². The van der Waals surface area contributed by atoms with Crippen molar-refractivity contribution in [1.82, 2.24) is 0 Å². The van der Waals surface area contributed by atoms with E-state index in [-0.39, 0.29) is 10.1 Å². The minimum absolute atomic E-state index is 0. The topological polar surface area (TPSA) is 83.8 Å². The molecule has 0 rings (SSSR count). The molecule has 8 heteroatoms. The Bertz CT molecular complexity index is 86.6. The summed E-state index contributed by atoms with van der Waals surface area (Å²) in [7, 11) is 0. The van der Waals surface area contributed by atoms with Gasteiger partial charge in [0.15, 0.2) is 0 Å². The predicted octanol–water partition coefficient (Wildman–Crippen LogP) is -1.64. The number of hydrogen-bond donors (Lipinski definition) is 2. The third-order valence-electron chi connectivity index (χ3n) is 0.116. The van der Waals surface area contributed by atoms with E-state index in [1.807, 2.05) is 0 Å². The van der Waals surface area contributed by atoms with Crippen molar-refractivity contribution in [2.24, 2.45) is 0 Å². The Morgan fingerprint density at radius 1 is 1.12 bits per heavy atom. The van der Waals surface area contributed by atoms with Gasteiger partial charge in [-0.3, -0.25) is 9.11 Å². The van der Waals surface area contributed by atoms with E-state index in [4.69, 9.17) is 9.11 Å². The molecule has 0 aliphatic heterocycles. The molecular weight excluding hydrogens is 153 g/mol. The molecule has 2 N–H and O–H groups in total. The molecule has 0 heterocycles. The molecule has 0 spiro atoms. The molecule has 0 amide bonds. The summed E-state index contributed by atoms with van der Waals surface area (Å²) in [5, 5.41) is 0. The van der Waals surface area contributed by atoms with Crippen LogP contribution in [-0.2, 0) is 26.4 Å². The molecule has 8 heavy (non-hydrogen) atoms. The van der Waals surface area contributed by atoms with Gasteiger partial charge in [0, 0.05) is 0 Å². The van der Waals surface area contributed by atoms with Crippen molar-refractivity contribution in [3.05, 3.63) is 0 Å². The van der Waals surface area contributed by atoms with Crippen LogP contribution in [0.3, 0.4) is 0 Å². The SMILES string of the molecule is O=S(O)OS(=O)O.[BeH2]. The van der Waals surface area contributed by atoms with E-state index in [2.05, 4.69) is 3.63 Å². The molecule has 0 saturated heterocycles. The molecule has 0 radical (unpaired) electrons. The summed E-state index contributed by atoms with van der Waals surface area (Å²) < 4.78 is 37.2. The standard InChI is InChI=1S/Be.H2O5S2.2H/c;1-6(2)5-7(3)4;;/h;(H,1,2)(H,3,4);;. The fourth-order valence-electron chi connectivity index (χ4n) is 0.0498. The van der Waals surface area contributed by atoms with E-state index in [0.29, 0.717) is 0 Å². The van der Waals surface area contributed by atoms with Crippen molar-refractivity contribution in [2.75, 3.05) is 0 Å². The van der Waals surface area contributed by atoms with Crippen LogP contribution >= 0.6 is 0 Å². The zero-order valence-corrected chi connectivity index (χ0v) is 4.57. The van der Waals surface area contributed by atoms with E-state index >= 15 is 0 Å². The van der Waals surface area contributed by atoms with Crippen LogP contribution in [-0.4, -0.2) is 27.6 Å². The van der Waals surface area contributed by atoms with Gasteiger partial charge in [-0.05, 0) is 0 Å². The normalized spacial score (nSPS) is 16.2. The van der Waals surface area contributed by atoms with E-state index in [1.54, 1.807) is 0 Å². The van der Waals surface area contributed by atoms with Gasteiger partial charge < -0.3 is 0 Å². The van der Waals surface area contributed by atoms with Gasteiger partial charge in [-0.1, -0.05) is 0 Å². The fraction of sp³-hybridized carbons (Fsp3) is 0. The Balaban J connectivity index is 0. The average Bonchev–Trinajstić information content (AvgIpc) is 1.27. The second kappa shape index (κ2) is 5.48. The van der Waals surface area contributed by atoms with Gasteiger partial charge in [0.05, 0.1) is 0 Å². The first-order chi connectivity index (χ1) is 3.13. The molecule has 0 aromatic carbocycles. The Morgan fingerprint density at radius 2 is 1.38 bits per heavy atom. The molecule has 0 aromatic rings. The summed E-state index contributed by atoms with van der Waals surface area (Å²) in [6.45, 7) is 0. The fourth-order valence-corrected chi connectivity index (χ4v) is 0.448. The van der Waals surface area contributed by atoms with Gasteiger partial charge >= 0.3 is 32.8 Å². The van der Waals surface area contributed by atoms with Crippen molar-refractivity contribution in [3.8, 4) is 0 Å². The summed E-state index contributed by atoms with van der Waals surface area (Å²) in [6.07, 6.45) is 0. The van der Waals surface area contributed by atoms with Gasteiger partial charge in [-0.25, -0.2) is 0 Å². The van der Waals surface area contributed by atoms with Crippen LogP contribution in [0.1, 0.15) is 0 Å². The maximum atomic E-state index is 9.35. The van der Waals surface area contributed by atoms with Crippen LogP contribution in [0.5, 0.6) is 0 Å². The first-order valence-electron chi connectivity index (χ1n) is 1.03. The van der Waals surface area contributed by atoms with Gasteiger partial charge in [0.2, 0.25) is 0 Å². The van der Waals surface area contributed by atoms with E-state index < -0.39 is 22.7 Å². The molecule has 0 unspecified atom stereocenters. The summed E-state index contributed by atoms with van der Waals surface area (Å²) in [5.74, 6) is 0. The van der Waals surface area contributed by atoms with Crippen LogP contribution in [0.4, 0.5) is 0 Å². The molecule has 0 aliphatic carbocycles. The molecular formula is H4BeO5S2. The van der Waals surface area contributed by atoms with Gasteiger partial charge in [0.25, 0.3) is 0 Å². The first-order valence-corrected chi connectivity index (χ1v) is 3.10. The number of hydrogen-bond acceptors (Lipinski definition) is 3. The van der Waals surface area contributed by atoms with Crippen LogP contribution in [0, 0.1) is 0 Å². The summed E-state index contributed by atoms with van der Waals surface area (Å²) >= 11 is -5.29. The van der Waals surface area contributed by atoms with Crippen molar-refractivity contribution in [1.29, 1.82) is 0 Å². The average molecular weight is 157 g/mol. The van der Waals surface area contributed by atoms with Gasteiger partial charge in [-0.15, -0.1) is 3.63 Å². The Kier molecular flexibility index (Phi) is 7.67. The molecule has 0 aliphatic rings. The van der Waals surface area contributed by atoms with Crippen LogP contribution < -0.4 is 0 Å². The monoisotopic (exact) mass is 157 g/mol. The summed E-state index contributed by atoms with van der Waals surface area (Å²) in [5.41, 5.74) is 0. The third kappa shape index (κ3) is 9.60.